The van der Waals surface area contributed by atoms with Crippen LogP contribution < -0.4 is 4.72 Å². The van der Waals surface area contributed by atoms with Crippen LogP contribution in [0.25, 0.3) is 22.2 Å². The molecule has 5 fully saturated rings. The average molecular weight is 715 g/mol. The summed E-state index contributed by atoms with van der Waals surface area (Å²) in [5.41, 5.74) is 6.48. The van der Waals surface area contributed by atoms with Crippen molar-refractivity contribution in [3.05, 3.63) is 58.7 Å². The molecule has 9 rings (SSSR count). The van der Waals surface area contributed by atoms with Crippen molar-refractivity contribution in [3.63, 3.8) is 0 Å². The van der Waals surface area contributed by atoms with Gasteiger partial charge in [0, 0.05) is 78.6 Å². The molecule has 272 valence electrons. The lowest BCUT2D eigenvalue weighted by Gasteiger charge is -2.29. The molecule has 2 aromatic carbocycles. The number of hydrogen-bond donors (Lipinski definition) is 1. The fourth-order valence-corrected chi connectivity index (χ4v) is 11.6. The van der Waals surface area contributed by atoms with Crippen LogP contribution in [0.4, 0.5) is 0 Å². The highest BCUT2D eigenvalue weighted by Gasteiger charge is 2.70. The van der Waals surface area contributed by atoms with Gasteiger partial charge in [0.15, 0.2) is 0 Å². The van der Waals surface area contributed by atoms with Crippen molar-refractivity contribution < 1.29 is 27.5 Å². The Labute approximate surface area is 300 Å². The summed E-state index contributed by atoms with van der Waals surface area (Å²) in [5, 5.41) is 0.359. The molecule has 0 radical (unpaired) electrons. The van der Waals surface area contributed by atoms with Crippen LogP contribution >= 0.6 is 0 Å². The highest BCUT2D eigenvalue weighted by atomic mass is 32.2. The molecule has 1 aromatic heterocycles. The quantitative estimate of drug-likeness (QED) is 0.356. The predicted molar refractivity (Wildman–Crippen MR) is 195 cm³/mol. The van der Waals surface area contributed by atoms with Gasteiger partial charge in [-0.1, -0.05) is 43.5 Å². The first-order valence-corrected chi connectivity index (χ1v) is 20.4. The van der Waals surface area contributed by atoms with Gasteiger partial charge in [-0.3, -0.25) is 9.59 Å². The second kappa shape index (κ2) is 11.6. The molecule has 0 bridgehead atoms. The Hall–Kier alpha value is -3.25. The molecule has 11 heteroatoms. The van der Waals surface area contributed by atoms with E-state index in [9.17, 15) is 13.2 Å². The SMILES string of the molecule is COCc1ccc2c(c1)C1CC1(C(=O)N1CC34COCC3(CN(C)C4)C1)Cn1c-2c(C2CCCCC2)c2ccc(C(=O)NS(=O)(=O)C(C)C)cc21. The largest absolute Gasteiger partial charge is 0.380 e. The Kier molecular flexibility index (Phi) is 7.65. The zero-order chi connectivity index (χ0) is 35.5. The van der Waals surface area contributed by atoms with Crippen molar-refractivity contribution in [3.8, 4) is 11.3 Å². The van der Waals surface area contributed by atoms with Crippen LogP contribution in [-0.4, -0.2) is 93.4 Å². The van der Waals surface area contributed by atoms with Gasteiger partial charge in [-0.2, -0.15) is 0 Å². The van der Waals surface area contributed by atoms with E-state index in [0.717, 1.165) is 67.6 Å². The first-order chi connectivity index (χ1) is 24.4. The summed E-state index contributed by atoms with van der Waals surface area (Å²) in [7, 11) is 0.0921. The van der Waals surface area contributed by atoms with Crippen molar-refractivity contribution in [2.24, 2.45) is 16.2 Å². The van der Waals surface area contributed by atoms with E-state index in [-0.39, 0.29) is 22.7 Å². The molecule has 0 spiro atoms. The van der Waals surface area contributed by atoms with Crippen LogP contribution in [0.5, 0.6) is 0 Å². The van der Waals surface area contributed by atoms with E-state index in [2.05, 4.69) is 44.3 Å². The van der Waals surface area contributed by atoms with Gasteiger partial charge in [0.1, 0.15) is 0 Å². The van der Waals surface area contributed by atoms with Gasteiger partial charge in [-0.05, 0) is 74.9 Å². The Bertz CT molecular complexity index is 2050. The molecule has 6 aliphatic rings. The van der Waals surface area contributed by atoms with E-state index < -0.39 is 26.6 Å². The highest BCUT2D eigenvalue weighted by Crippen LogP contribution is 2.67. The molecule has 4 aliphatic heterocycles. The van der Waals surface area contributed by atoms with E-state index in [4.69, 9.17) is 9.47 Å². The number of nitrogens with one attached hydrogen (secondary N) is 1. The molecule has 51 heavy (non-hydrogen) atoms. The van der Waals surface area contributed by atoms with Crippen LogP contribution in [0.15, 0.2) is 36.4 Å². The van der Waals surface area contributed by atoms with Crippen LogP contribution in [0.1, 0.15) is 91.3 Å². The molecule has 10 nitrogen and oxygen atoms in total. The Morgan fingerprint density at radius 1 is 0.980 bits per heavy atom. The van der Waals surface area contributed by atoms with Crippen molar-refractivity contribution in [1.82, 2.24) is 19.1 Å². The second-order valence-electron chi connectivity index (χ2n) is 17.1. The number of rotatable bonds is 7. The summed E-state index contributed by atoms with van der Waals surface area (Å²) in [6.07, 6.45) is 6.54. The third-order valence-electron chi connectivity index (χ3n) is 13.5. The Morgan fingerprint density at radius 2 is 1.71 bits per heavy atom. The van der Waals surface area contributed by atoms with Gasteiger partial charge in [0.25, 0.3) is 5.91 Å². The van der Waals surface area contributed by atoms with Gasteiger partial charge < -0.3 is 23.8 Å². The van der Waals surface area contributed by atoms with Crippen molar-refractivity contribution >= 4 is 32.7 Å². The van der Waals surface area contributed by atoms with Crippen LogP contribution in [0.2, 0.25) is 0 Å². The number of ether oxygens (including phenoxy) is 2. The molecule has 3 saturated heterocycles. The molecule has 2 amide bonds. The fraction of sp³-hybridized carbons (Fsp3) is 0.600. The van der Waals surface area contributed by atoms with Crippen molar-refractivity contribution in [1.29, 1.82) is 0 Å². The number of carbonyl (C=O) groups is 2. The minimum absolute atomic E-state index is 0.0231. The molecule has 2 aliphatic carbocycles. The summed E-state index contributed by atoms with van der Waals surface area (Å²) >= 11 is 0. The number of methoxy groups -OCH3 is 1. The lowest BCUT2D eigenvalue weighted by atomic mass is 9.71. The lowest BCUT2D eigenvalue weighted by molar-refractivity contribution is -0.138. The van der Waals surface area contributed by atoms with E-state index in [1.807, 2.05) is 12.1 Å². The number of likely N-dealkylation sites (tertiary alicyclic amines) is 2. The number of hydrogen-bond acceptors (Lipinski definition) is 7. The molecule has 2 saturated carbocycles. The van der Waals surface area contributed by atoms with Gasteiger partial charge in [-0.15, -0.1) is 0 Å². The fourth-order valence-electron chi connectivity index (χ4n) is 11.0. The van der Waals surface area contributed by atoms with Gasteiger partial charge in [-0.25, -0.2) is 13.1 Å². The third-order valence-corrected chi connectivity index (χ3v) is 15.2. The number of sulfonamides is 1. The van der Waals surface area contributed by atoms with Gasteiger partial charge in [0.05, 0.1) is 36.2 Å². The lowest BCUT2D eigenvalue weighted by Crippen LogP contribution is -2.43. The zero-order valence-electron chi connectivity index (χ0n) is 30.3. The number of carbonyl (C=O) groups excluding carboxylic acids is 2. The minimum Gasteiger partial charge on any atom is -0.380 e. The number of nitrogens with zero attached hydrogens (tertiary/aromatic N) is 3. The summed E-state index contributed by atoms with van der Waals surface area (Å²) < 4.78 is 41.8. The normalized spacial score (nSPS) is 30.1. The molecule has 4 unspecified atom stereocenters. The van der Waals surface area contributed by atoms with Crippen molar-refractivity contribution in [2.75, 3.05) is 53.6 Å². The zero-order valence-corrected chi connectivity index (χ0v) is 31.1. The predicted octanol–water partition coefficient (Wildman–Crippen LogP) is 5.25. The molecular formula is C40H50N4O6S. The monoisotopic (exact) mass is 714 g/mol. The second-order valence-corrected chi connectivity index (χ2v) is 19.3. The average Bonchev–Trinajstić information content (AvgIpc) is 3.33. The van der Waals surface area contributed by atoms with E-state index in [0.29, 0.717) is 37.8 Å². The Morgan fingerprint density at radius 3 is 2.39 bits per heavy atom. The maximum atomic E-state index is 15.2. The van der Waals surface area contributed by atoms with E-state index in [1.165, 1.54) is 36.0 Å². The number of amides is 2. The molecule has 4 atom stereocenters. The van der Waals surface area contributed by atoms with Crippen LogP contribution in [-0.2, 0) is 37.4 Å². The molecule has 1 N–H and O–H groups in total. The first kappa shape index (κ1) is 33.6. The smallest absolute Gasteiger partial charge is 0.264 e. The molecule has 3 aromatic rings. The van der Waals surface area contributed by atoms with Gasteiger partial charge in [0.2, 0.25) is 15.9 Å². The molecular weight excluding hydrogens is 665 g/mol. The third kappa shape index (κ3) is 4.93. The summed E-state index contributed by atoms with van der Waals surface area (Å²) in [6, 6.07) is 12.3. The maximum Gasteiger partial charge on any atom is 0.264 e. The molecule has 5 heterocycles. The van der Waals surface area contributed by atoms with Crippen LogP contribution in [0, 0.1) is 16.2 Å². The minimum atomic E-state index is -3.81. The summed E-state index contributed by atoms with van der Waals surface area (Å²) in [5.74, 6) is 0.0371. The van der Waals surface area contributed by atoms with E-state index >= 15 is 4.79 Å². The van der Waals surface area contributed by atoms with Gasteiger partial charge >= 0.3 is 0 Å². The number of benzene rings is 2. The van der Waals surface area contributed by atoms with Crippen LogP contribution in [0.3, 0.4) is 0 Å². The first-order valence-electron chi connectivity index (χ1n) is 18.8. The van der Waals surface area contributed by atoms with Crippen molar-refractivity contribution in [2.45, 2.75) is 82.6 Å². The highest BCUT2D eigenvalue weighted by molar-refractivity contribution is 7.90. The maximum absolute atomic E-state index is 15.2. The summed E-state index contributed by atoms with van der Waals surface area (Å²) in [4.78, 5) is 33.3. The summed E-state index contributed by atoms with van der Waals surface area (Å²) in [6.45, 7) is 8.90. The Balaban J connectivity index is 1.20. The number of aromatic nitrogens is 1. The number of fused-ring (bicyclic) bond motifs is 7. The van der Waals surface area contributed by atoms with E-state index in [1.54, 1.807) is 27.0 Å². The standard InChI is InChI=1S/C40H50N4O6S/c1-25(2)51(47,48)41-36(45)28-11-13-30-33(15-28)44-22-40(37(46)43-20-38-18-42(3)19-39(38,21-43)24-50-23-38)16-32(40)31-14-26(17-49-4)10-12-29(31)35(44)34(30)27-8-6-5-7-9-27/h10-15,25,27,32H,5-9,16-24H2,1-4H3,(H,41,45). The topological polar surface area (TPSA) is 110 Å².